The first kappa shape index (κ1) is 17.1. The average Bonchev–Trinajstić information content (AvgIpc) is 2.54. The molecule has 0 aliphatic carbocycles. The second kappa shape index (κ2) is 6.49. The van der Waals surface area contributed by atoms with Crippen molar-refractivity contribution in [2.75, 3.05) is 0 Å². The van der Waals surface area contributed by atoms with Gasteiger partial charge >= 0.3 is 0 Å². The Labute approximate surface area is 136 Å². The zero-order chi connectivity index (χ0) is 18.7. The molecule has 0 aliphatic heterocycles. The standard InChI is InChI=1S/C11H6N6O8/c18-14(19)7-1-3-13(4-2-7)12-11-9(16(22)23)5-8(15(20)21)6-10(11)17(24)25/h1-6H. The molecule has 0 N–H and O–H groups in total. The molecule has 0 fully saturated rings. The summed E-state index contributed by atoms with van der Waals surface area (Å²) in [6.45, 7) is 0. The SMILES string of the molecule is O=[N+]([O-])c1cc[n+]([N-]c2c([N+](=O)[O-])cc([N+](=O)[O-])cc2[N+](=O)[O-])cc1. The summed E-state index contributed by atoms with van der Waals surface area (Å²) in [6, 6.07) is 3.12. The molecule has 128 valence electrons. The van der Waals surface area contributed by atoms with E-state index in [4.69, 9.17) is 0 Å². The van der Waals surface area contributed by atoms with Crippen molar-refractivity contribution in [2.45, 2.75) is 0 Å². The van der Waals surface area contributed by atoms with E-state index in [9.17, 15) is 40.5 Å². The molecule has 0 unspecified atom stereocenters. The van der Waals surface area contributed by atoms with Gasteiger partial charge in [0.05, 0.1) is 49.6 Å². The van der Waals surface area contributed by atoms with E-state index in [0.717, 1.165) is 29.2 Å². The number of nitrogens with zero attached hydrogens (tertiary/aromatic N) is 6. The summed E-state index contributed by atoms with van der Waals surface area (Å²) in [7, 11) is 0. The molecule has 1 heterocycles. The van der Waals surface area contributed by atoms with Crippen LogP contribution in [0.5, 0.6) is 0 Å². The summed E-state index contributed by atoms with van der Waals surface area (Å²) in [5.74, 6) is 0. The Balaban J connectivity index is 2.58. The highest BCUT2D eigenvalue weighted by Crippen LogP contribution is 2.41. The molecular formula is C11H6N6O8. The normalized spacial score (nSPS) is 10.1. The molecule has 0 saturated heterocycles. The van der Waals surface area contributed by atoms with E-state index in [2.05, 4.69) is 5.43 Å². The summed E-state index contributed by atoms with van der Waals surface area (Å²) in [5, 5.41) is 43.6. The summed E-state index contributed by atoms with van der Waals surface area (Å²) in [5.41, 5.74) is -0.102. The molecule has 2 aromatic rings. The van der Waals surface area contributed by atoms with Gasteiger partial charge in [0.2, 0.25) is 0 Å². The Morgan fingerprint density at radius 3 is 1.52 bits per heavy atom. The molecule has 0 bridgehead atoms. The summed E-state index contributed by atoms with van der Waals surface area (Å²) in [6.07, 6.45) is 2.10. The number of nitro groups is 4. The van der Waals surface area contributed by atoms with E-state index < -0.39 is 42.4 Å². The molecule has 0 radical (unpaired) electrons. The van der Waals surface area contributed by atoms with Crippen molar-refractivity contribution < 1.29 is 24.4 Å². The van der Waals surface area contributed by atoms with Crippen molar-refractivity contribution in [3.63, 3.8) is 0 Å². The van der Waals surface area contributed by atoms with Gasteiger partial charge in [-0.3, -0.25) is 40.5 Å². The molecule has 25 heavy (non-hydrogen) atoms. The number of rotatable bonds is 6. The van der Waals surface area contributed by atoms with Crippen LogP contribution in [0.1, 0.15) is 0 Å². The van der Waals surface area contributed by atoms with Crippen LogP contribution in [0.25, 0.3) is 5.43 Å². The molecule has 14 heteroatoms. The van der Waals surface area contributed by atoms with Gasteiger partial charge in [-0.1, -0.05) is 0 Å². The zero-order valence-electron chi connectivity index (χ0n) is 11.9. The van der Waals surface area contributed by atoms with Gasteiger partial charge in [0.15, 0.2) is 12.4 Å². The first-order chi connectivity index (χ1) is 11.7. The van der Waals surface area contributed by atoms with Gasteiger partial charge in [0.1, 0.15) is 0 Å². The average molecular weight is 350 g/mol. The van der Waals surface area contributed by atoms with Crippen LogP contribution in [0, 0.1) is 40.5 Å². The lowest BCUT2D eigenvalue weighted by atomic mass is 10.2. The molecule has 0 spiro atoms. The third-order valence-corrected chi connectivity index (χ3v) is 2.88. The lowest BCUT2D eigenvalue weighted by Crippen LogP contribution is -2.27. The van der Waals surface area contributed by atoms with E-state index in [-0.39, 0.29) is 5.69 Å². The molecule has 0 amide bonds. The van der Waals surface area contributed by atoms with E-state index in [1.54, 1.807) is 0 Å². The largest absolute Gasteiger partial charge is 0.392 e. The van der Waals surface area contributed by atoms with Gasteiger partial charge < -0.3 is 5.43 Å². The van der Waals surface area contributed by atoms with E-state index in [1.807, 2.05) is 0 Å². The fourth-order valence-electron chi connectivity index (χ4n) is 1.79. The third kappa shape index (κ3) is 3.58. The number of hydrogen-bond acceptors (Lipinski definition) is 8. The number of benzene rings is 1. The molecule has 0 saturated carbocycles. The van der Waals surface area contributed by atoms with Gasteiger partial charge in [-0.2, -0.15) is 0 Å². The zero-order valence-corrected chi connectivity index (χ0v) is 11.9. The number of hydrogen-bond donors (Lipinski definition) is 0. The Kier molecular flexibility index (Phi) is 4.44. The minimum atomic E-state index is -1.05. The summed E-state index contributed by atoms with van der Waals surface area (Å²) < 4.78 is 0.869. The fraction of sp³-hybridized carbons (Fsp3) is 0. The van der Waals surface area contributed by atoms with Crippen LogP contribution in [0.2, 0.25) is 0 Å². The number of non-ortho nitro benzene ring substituents is 1. The maximum atomic E-state index is 11.1. The van der Waals surface area contributed by atoms with Gasteiger partial charge in [-0.25, -0.2) is 4.68 Å². The number of aromatic nitrogens is 1. The van der Waals surface area contributed by atoms with Crippen LogP contribution in [-0.4, -0.2) is 19.7 Å². The quantitative estimate of drug-likeness (QED) is 0.429. The van der Waals surface area contributed by atoms with Crippen LogP contribution in [-0.2, 0) is 0 Å². The Hall–Kier alpha value is -4.23. The first-order valence-corrected chi connectivity index (χ1v) is 6.19. The second-order valence-electron chi connectivity index (χ2n) is 4.40. The molecule has 1 aromatic heterocycles. The lowest BCUT2D eigenvalue weighted by Gasteiger charge is -2.13. The van der Waals surface area contributed by atoms with Gasteiger partial charge in [-0.05, 0) is 0 Å². The highest BCUT2D eigenvalue weighted by atomic mass is 16.6. The predicted octanol–water partition coefficient (Wildman–Crippen LogP) is 2.08. The molecule has 1 aromatic carbocycles. The van der Waals surface area contributed by atoms with Gasteiger partial charge in [0.25, 0.3) is 22.7 Å². The second-order valence-corrected chi connectivity index (χ2v) is 4.40. The van der Waals surface area contributed by atoms with Crippen LogP contribution in [0.3, 0.4) is 0 Å². The summed E-state index contributed by atoms with van der Waals surface area (Å²) in [4.78, 5) is 39.8. The van der Waals surface area contributed by atoms with Gasteiger partial charge in [-0.15, -0.1) is 0 Å². The van der Waals surface area contributed by atoms with Crippen LogP contribution in [0.15, 0.2) is 36.7 Å². The van der Waals surface area contributed by atoms with Gasteiger partial charge in [0, 0.05) is 0 Å². The van der Waals surface area contributed by atoms with E-state index in [0.29, 0.717) is 12.1 Å². The number of pyridine rings is 1. The fourth-order valence-corrected chi connectivity index (χ4v) is 1.79. The van der Waals surface area contributed by atoms with Crippen molar-refractivity contribution in [1.29, 1.82) is 0 Å². The molecule has 2 rings (SSSR count). The third-order valence-electron chi connectivity index (χ3n) is 2.88. The first-order valence-electron chi connectivity index (χ1n) is 6.19. The van der Waals surface area contributed by atoms with E-state index >= 15 is 0 Å². The maximum absolute atomic E-state index is 11.1. The van der Waals surface area contributed by atoms with Crippen LogP contribution in [0.4, 0.5) is 28.4 Å². The van der Waals surface area contributed by atoms with E-state index in [1.165, 1.54) is 0 Å². The smallest absolute Gasteiger partial charge is 0.283 e. The summed E-state index contributed by atoms with van der Waals surface area (Å²) >= 11 is 0. The molecule has 0 atom stereocenters. The number of nitro benzene ring substituents is 3. The van der Waals surface area contributed by atoms with Crippen molar-refractivity contribution in [3.05, 3.63) is 82.5 Å². The Morgan fingerprint density at radius 2 is 1.16 bits per heavy atom. The Morgan fingerprint density at radius 1 is 0.720 bits per heavy atom. The van der Waals surface area contributed by atoms with Crippen molar-refractivity contribution in [1.82, 2.24) is 0 Å². The highest BCUT2D eigenvalue weighted by molar-refractivity contribution is 5.78. The highest BCUT2D eigenvalue weighted by Gasteiger charge is 2.27. The van der Waals surface area contributed by atoms with Crippen LogP contribution < -0.4 is 4.68 Å². The topological polar surface area (TPSA) is 191 Å². The Bertz CT molecular complexity index is 861. The van der Waals surface area contributed by atoms with Crippen molar-refractivity contribution >= 4 is 28.4 Å². The van der Waals surface area contributed by atoms with Crippen LogP contribution >= 0.6 is 0 Å². The monoisotopic (exact) mass is 350 g/mol. The minimum absolute atomic E-state index is 0.292. The van der Waals surface area contributed by atoms with Crippen molar-refractivity contribution in [2.24, 2.45) is 0 Å². The predicted molar refractivity (Wildman–Crippen MR) is 78.1 cm³/mol. The lowest BCUT2D eigenvalue weighted by molar-refractivity contribution is -0.620. The maximum Gasteiger partial charge on any atom is 0.283 e. The molecular weight excluding hydrogens is 344 g/mol. The molecule has 14 nitrogen and oxygen atoms in total. The minimum Gasteiger partial charge on any atom is -0.392 e. The molecule has 0 aliphatic rings. The van der Waals surface area contributed by atoms with Crippen molar-refractivity contribution in [3.8, 4) is 0 Å².